The highest BCUT2D eigenvalue weighted by atomic mass is 35.5. The van der Waals surface area contributed by atoms with Crippen LogP contribution in [0.15, 0.2) is 78.0 Å². The molecule has 26 heavy (non-hydrogen) atoms. The molecule has 2 aromatic carbocycles. The second kappa shape index (κ2) is 6.39. The summed E-state index contributed by atoms with van der Waals surface area (Å²) in [6.07, 6.45) is 3.36. The minimum Gasteiger partial charge on any atom is -0.443 e. The third-order valence-electron chi connectivity index (χ3n) is 4.34. The number of rotatable bonds is 3. The van der Waals surface area contributed by atoms with E-state index >= 15 is 0 Å². The summed E-state index contributed by atoms with van der Waals surface area (Å²) in [6.45, 7) is 1.40. The summed E-state index contributed by atoms with van der Waals surface area (Å²) < 4.78 is 5.98. The van der Waals surface area contributed by atoms with Crippen LogP contribution in [0, 0.1) is 0 Å². The predicted molar refractivity (Wildman–Crippen MR) is 101 cm³/mol. The highest BCUT2D eigenvalue weighted by Gasteiger charge is 2.49. The van der Waals surface area contributed by atoms with Gasteiger partial charge in [0, 0.05) is 34.8 Å². The third-order valence-corrected chi connectivity index (χ3v) is 4.59. The highest BCUT2D eigenvalue weighted by Crippen LogP contribution is 2.47. The van der Waals surface area contributed by atoms with Crippen LogP contribution in [0.5, 0.6) is 0 Å². The molecular formula is C21H15ClN2O2. The minimum atomic E-state index is -1.14. The van der Waals surface area contributed by atoms with E-state index in [0.717, 1.165) is 16.7 Å². The molecule has 0 aliphatic carbocycles. The lowest BCUT2D eigenvalue weighted by Gasteiger charge is -2.32. The van der Waals surface area contributed by atoms with E-state index in [0.29, 0.717) is 16.4 Å². The third kappa shape index (κ3) is 2.59. The minimum absolute atomic E-state index is 0.395. The molecule has 5 heteroatoms. The molecule has 1 aromatic heterocycles. The van der Waals surface area contributed by atoms with Gasteiger partial charge in [-0.25, -0.2) is 4.99 Å². The first-order chi connectivity index (χ1) is 12.6. The van der Waals surface area contributed by atoms with Crippen LogP contribution in [0.2, 0.25) is 5.02 Å². The zero-order valence-electron chi connectivity index (χ0n) is 14.0. The first-order valence-corrected chi connectivity index (χ1v) is 8.54. The number of carbonyl (C=O) groups excluding carboxylic acids is 1. The number of hydrogen-bond acceptors (Lipinski definition) is 4. The lowest BCUT2D eigenvalue weighted by molar-refractivity contribution is -0.148. The van der Waals surface area contributed by atoms with Crippen molar-refractivity contribution < 1.29 is 9.53 Å². The van der Waals surface area contributed by atoms with Crippen molar-refractivity contribution in [3.8, 4) is 0 Å². The second-order valence-corrected chi connectivity index (χ2v) is 6.44. The van der Waals surface area contributed by atoms with Crippen molar-refractivity contribution >= 4 is 29.0 Å². The number of carbonyl (C=O) groups is 1. The molecule has 3 aromatic rings. The SMILES string of the molecule is CC(=O)OC1(c2ccc(Cl)cc2)C(c2ccccc2)=Nc2cnccc21. The Bertz CT molecular complexity index is 1000. The normalized spacial score (nSPS) is 18.2. The molecule has 1 atom stereocenters. The van der Waals surface area contributed by atoms with E-state index in [-0.39, 0.29) is 0 Å². The van der Waals surface area contributed by atoms with Crippen LogP contribution in [0.3, 0.4) is 0 Å². The number of aromatic nitrogens is 1. The van der Waals surface area contributed by atoms with Crippen LogP contribution >= 0.6 is 11.6 Å². The van der Waals surface area contributed by atoms with E-state index in [1.54, 1.807) is 24.5 Å². The molecule has 0 amide bonds. The largest absolute Gasteiger partial charge is 0.443 e. The molecule has 0 saturated carbocycles. The Morgan fingerprint density at radius 2 is 1.77 bits per heavy atom. The van der Waals surface area contributed by atoms with Gasteiger partial charge in [0.2, 0.25) is 5.60 Å². The molecule has 0 radical (unpaired) electrons. The summed E-state index contributed by atoms with van der Waals surface area (Å²) in [6, 6.07) is 18.8. The molecule has 2 heterocycles. The monoisotopic (exact) mass is 362 g/mol. The van der Waals surface area contributed by atoms with Gasteiger partial charge in [-0.3, -0.25) is 9.78 Å². The lowest BCUT2D eigenvalue weighted by Crippen LogP contribution is -2.39. The fourth-order valence-electron chi connectivity index (χ4n) is 3.32. The molecule has 0 N–H and O–H groups in total. The molecule has 1 aliphatic heterocycles. The number of nitrogens with zero attached hydrogens (tertiary/aromatic N) is 2. The van der Waals surface area contributed by atoms with Gasteiger partial charge in [-0.2, -0.15) is 0 Å². The molecule has 4 nitrogen and oxygen atoms in total. The van der Waals surface area contributed by atoms with Gasteiger partial charge in [0.1, 0.15) is 5.71 Å². The number of ether oxygens (including phenoxy) is 1. The number of aliphatic imine (C=N–C) groups is 1. The van der Waals surface area contributed by atoms with Crippen molar-refractivity contribution in [2.75, 3.05) is 0 Å². The van der Waals surface area contributed by atoms with Gasteiger partial charge >= 0.3 is 5.97 Å². The summed E-state index contributed by atoms with van der Waals surface area (Å²) in [5, 5.41) is 0.609. The average Bonchev–Trinajstić information content (AvgIpc) is 2.98. The van der Waals surface area contributed by atoms with E-state index < -0.39 is 11.6 Å². The van der Waals surface area contributed by atoms with E-state index in [1.165, 1.54) is 6.92 Å². The smallest absolute Gasteiger partial charge is 0.304 e. The van der Waals surface area contributed by atoms with Gasteiger partial charge in [-0.05, 0) is 18.2 Å². The van der Waals surface area contributed by atoms with Crippen molar-refractivity contribution in [2.24, 2.45) is 4.99 Å². The molecule has 1 aliphatic rings. The number of hydrogen-bond donors (Lipinski definition) is 0. The summed E-state index contributed by atoms with van der Waals surface area (Å²) in [5.41, 5.74) is 2.63. The highest BCUT2D eigenvalue weighted by molar-refractivity contribution is 6.30. The molecule has 0 saturated heterocycles. The Morgan fingerprint density at radius 1 is 1.04 bits per heavy atom. The number of fused-ring (bicyclic) bond motifs is 1. The van der Waals surface area contributed by atoms with Crippen LogP contribution in [-0.2, 0) is 15.1 Å². The van der Waals surface area contributed by atoms with Gasteiger partial charge in [-0.15, -0.1) is 0 Å². The first-order valence-electron chi connectivity index (χ1n) is 8.16. The summed E-state index contributed by atoms with van der Waals surface area (Å²) in [4.78, 5) is 21.1. The van der Waals surface area contributed by atoms with Crippen LogP contribution in [0.4, 0.5) is 5.69 Å². The van der Waals surface area contributed by atoms with E-state index in [2.05, 4.69) is 4.98 Å². The maximum absolute atomic E-state index is 12.1. The van der Waals surface area contributed by atoms with Crippen molar-refractivity contribution in [1.82, 2.24) is 4.98 Å². The Labute approximate surface area is 156 Å². The molecule has 0 bridgehead atoms. The number of pyridine rings is 1. The Kier molecular flexibility index (Phi) is 4.05. The van der Waals surface area contributed by atoms with Crippen molar-refractivity contribution in [3.63, 3.8) is 0 Å². The number of benzene rings is 2. The molecule has 128 valence electrons. The Morgan fingerprint density at radius 3 is 2.46 bits per heavy atom. The summed E-state index contributed by atoms with van der Waals surface area (Å²) >= 11 is 6.08. The number of esters is 1. The molecule has 4 rings (SSSR count). The van der Waals surface area contributed by atoms with Gasteiger partial charge in [0.25, 0.3) is 0 Å². The second-order valence-electron chi connectivity index (χ2n) is 6.00. The van der Waals surface area contributed by atoms with Crippen molar-refractivity contribution in [1.29, 1.82) is 0 Å². The van der Waals surface area contributed by atoms with Gasteiger partial charge in [-0.1, -0.05) is 54.1 Å². The summed E-state index contributed by atoms with van der Waals surface area (Å²) in [5.74, 6) is -0.395. The standard InChI is InChI=1S/C21H15ClN2O2/c1-14(25)26-21(16-7-9-17(22)10-8-16)18-11-12-23-13-19(18)24-20(21)15-5-3-2-4-6-15/h2-13H,1H3. The lowest BCUT2D eigenvalue weighted by atomic mass is 9.81. The molecule has 0 fully saturated rings. The van der Waals surface area contributed by atoms with Crippen molar-refractivity contribution in [3.05, 3.63) is 94.8 Å². The fourth-order valence-corrected chi connectivity index (χ4v) is 3.44. The van der Waals surface area contributed by atoms with Crippen LogP contribution in [0.25, 0.3) is 0 Å². The average molecular weight is 363 g/mol. The quantitative estimate of drug-likeness (QED) is 0.636. The maximum Gasteiger partial charge on any atom is 0.304 e. The predicted octanol–water partition coefficient (Wildman–Crippen LogP) is 4.68. The van der Waals surface area contributed by atoms with Gasteiger partial charge in [0.05, 0.1) is 11.9 Å². The summed E-state index contributed by atoms with van der Waals surface area (Å²) in [7, 11) is 0. The van der Waals surface area contributed by atoms with Gasteiger partial charge in [0.15, 0.2) is 0 Å². The number of halogens is 1. The first kappa shape index (κ1) is 16.5. The molecule has 1 unspecified atom stereocenters. The van der Waals surface area contributed by atoms with Crippen LogP contribution < -0.4 is 0 Å². The van der Waals surface area contributed by atoms with E-state index in [4.69, 9.17) is 21.3 Å². The maximum atomic E-state index is 12.1. The zero-order valence-corrected chi connectivity index (χ0v) is 14.8. The topological polar surface area (TPSA) is 51.5 Å². The van der Waals surface area contributed by atoms with Crippen molar-refractivity contribution in [2.45, 2.75) is 12.5 Å². The Balaban J connectivity index is 2.03. The van der Waals surface area contributed by atoms with Crippen LogP contribution in [0.1, 0.15) is 23.6 Å². The Hall–Kier alpha value is -2.98. The van der Waals surface area contributed by atoms with E-state index in [9.17, 15) is 4.79 Å². The fraction of sp³-hybridized carbons (Fsp3) is 0.0952. The molecular weight excluding hydrogens is 348 g/mol. The molecule has 0 spiro atoms. The van der Waals surface area contributed by atoms with Crippen LogP contribution in [-0.4, -0.2) is 16.7 Å². The zero-order chi connectivity index (χ0) is 18.1. The van der Waals surface area contributed by atoms with E-state index in [1.807, 2.05) is 48.5 Å². The van der Waals surface area contributed by atoms with Gasteiger partial charge < -0.3 is 4.74 Å².